The maximum atomic E-state index is 12.8. The van der Waals surface area contributed by atoms with Crippen LogP contribution < -0.4 is 10.0 Å². The van der Waals surface area contributed by atoms with E-state index in [9.17, 15) is 18.0 Å². The van der Waals surface area contributed by atoms with Crippen LogP contribution in [-0.2, 0) is 27.9 Å². The minimum atomic E-state index is -3.91. The van der Waals surface area contributed by atoms with E-state index in [1.807, 2.05) is 53.9 Å². The van der Waals surface area contributed by atoms with Gasteiger partial charge in [0, 0.05) is 17.5 Å². The molecule has 0 bridgehead atoms. The quantitative estimate of drug-likeness (QED) is 0.345. The molecule has 0 aliphatic carbocycles. The number of thiophene rings is 1. The number of carbonyl (C=O) groups excluding carboxylic acids is 2. The van der Waals surface area contributed by atoms with E-state index in [-0.39, 0.29) is 23.3 Å². The molecule has 4 aromatic rings. The summed E-state index contributed by atoms with van der Waals surface area (Å²) in [5.41, 5.74) is 0.341. The number of furan rings is 1. The Morgan fingerprint density at radius 2 is 1.56 bits per heavy atom. The van der Waals surface area contributed by atoms with Gasteiger partial charge in [-0.1, -0.05) is 42.5 Å². The number of sulfonamides is 1. The van der Waals surface area contributed by atoms with Gasteiger partial charge in [-0.15, -0.1) is 11.3 Å². The number of rotatable bonds is 9. The summed E-state index contributed by atoms with van der Waals surface area (Å²) in [4.78, 5) is 26.8. The summed E-state index contributed by atoms with van der Waals surface area (Å²) in [6.45, 7) is 0.178. The van der Waals surface area contributed by atoms with Gasteiger partial charge in [0.15, 0.2) is 0 Å². The second-order valence-electron chi connectivity index (χ2n) is 7.49. The molecule has 0 aliphatic rings. The van der Waals surface area contributed by atoms with Crippen molar-refractivity contribution < 1.29 is 22.4 Å². The number of benzene rings is 2. The van der Waals surface area contributed by atoms with Crippen LogP contribution >= 0.6 is 11.3 Å². The molecular weight excluding hydrogens is 498 g/mol. The molecule has 0 spiro atoms. The second kappa shape index (κ2) is 13.4. The van der Waals surface area contributed by atoms with Crippen molar-refractivity contribution in [1.82, 2.24) is 14.9 Å². The zero-order valence-electron chi connectivity index (χ0n) is 19.7. The molecule has 0 radical (unpaired) electrons. The molecule has 2 aromatic heterocycles. The molecule has 2 aromatic carbocycles. The first-order chi connectivity index (χ1) is 17.4. The molecule has 8 nitrogen and oxygen atoms in total. The van der Waals surface area contributed by atoms with Crippen LogP contribution in [0.2, 0.25) is 0 Å². The Morgan fingerprint density at radius 3 is 2.08 bits per heavy atom. The normalized spacial score (nSPS) is 10.7. The standard InChI is InChI=1S/C20H21N3O5S2.C6H6/c1-21-20(25)15-6-8-18(9-7-15)30(26,27)22-12-19(24)23(13-16-4-2-10-28-16)14-17-5-3-11-29-17;1-2-4-6-5-3-1/h2-11,22H,12-14H2,1H3,(H,21,25);1-6H. The van der Waals surface area contributed by atoms with Crippen molar-refractivity contribution in [1.29, 1.82) is 0 Å². The van der Waals surface area contributed by atoms with Crippen molar-refractivity contribution >= 4 is 33.2 Å². The first kappa shape index (κ1) is 26.9. The van der Waals surface area contributed by atoms with Gasteiger partial charge in [0.05, 0.1) is 30.8 Å². The smallest absolute Gasteiger partial charge is 0.251 e. The van der Waals surface area contributed by atoms with E-state index in [1.165, 1.54) is 53.8 Å². The molecule has 0 saturated heterocycles. The maximum Gasteiger partial charge on any atom is 0.251 e. The Balaban J connectivity index is 0.000000526. The SMILES string of the molecule is CNC(=O)c1ccc(S(=O)(=O)NCC(=O)N(Cc2ccco2)Cc2cccs2)cc1.c1ccccc1. The number of carbonyl (C=O) groups is 2. The third-order valence-corrected chi connectivity index (χ3v) is 7.22. The summed E-state index contributed by atoms with van der Waals surface area (Å²) in [5.74, 6) is -0.0952. The lowest BCUT2D eigenvalue weighted by Crippen LogP contribution is -2.39. The molecule has 2 N–H and O–H groups in total. The molecule has 10 heteroatoms. The molecule has 4 rings (SSSR count). The van der Waals surface area contributed by atoms with Gasteiger partial charge in [-0.3, -0.25) is 9.59 Å². The van der Waals surface area contributed by atoms with Crippen LogP contribution in [0.15, 0.2) is 106 Å². The molecule has 2 amide bonds. The summed E-state index contributed by atoms with van der Waals surface area (Å²) < 4.78 is 32.7. The molecule has 36 heavy (non-hydrogen) atoms. The van der Waals surface area contributed by atoms with Gasteiger partial charge in [-0.25, -0.2) is 13.1 Å². The van der Waals surface area contributed by atoms with Gasteiger partial charge < -0.3 is 14.6 Å². The van der Waals surface area contributed by atoms with Gasteiger partial charge in [0.2, 0.25) is 15.9 Å². The predicted molar refractivity (Wildman–Crippen MR) is 139 cm³/mol. The van der Waals surface area contributed by atoms with E-state index in [0.717, 1.165) is 4.88 Å². The monoisotopic (exact) mass is 525 g/mol. The average Bonchev–Trinajstić information content (AvgIpc) is 3.63. The average molecular weight is 526 g/mol. The molecule has 0 aliphatic heterocycles. The van der Waals surface area contributed by atoms with Crippen LogP contribution in [0.1, 0.15) is 21.0 Å². The first-order valence-corrected chi connectivity index (χ1v) is 13.4. The van der Waals surface area contributed by atoms with Crippen LogP contribution in [-0.4, -0.2) is 38.7 Å². The Morgan fingerprint density at radius 1 is 0.889 bits per heavy atom. The molecular formula is C26H27N3O5S2. The summed E-state index contributed by atoms with van der Waals surface area (Å²) in [7, 11) is -2.42. The van der Waals surface area contributed by atoms with Gasteiger partial charge in [0.1, 0.15) is 5.76 Å². The highest BCUT2D eigenvalue weighted by atomic mass is 32.2. The summed E-state index contributed by atoms with van der Waals surface area (Å²) in [6, 6.07) is 24.8. The van der Waals surface area contributed by atoms with E-state index in [0.29, 0.717) is 17.9 Å². The van der Waals surface area contributed by atoms with Crippen LogP contribution in [0, 0.1) is 0 Å². The molecule has 2 heterocycles. The molecule has 0 fully saturated rings. The Kier molecular flexibility index (Phi) is 9.99. The van der Waals surface area contributed by atoms with Crippen molar-refractivity contribution in [3.63, 3.8) is 0 Å². The number of amides is 2. The van der Waals surface area contributed by atoms with E-state index in [1.54, 1.807) is 12.1 Å². The van der Waals surface area contributed by atoms with Gasteiger partial charge in [-0.05, 0) is 47.8 Å². The first-order valence-electron chi connectivity index (χ1n) is 11.0. The number of nitrogens with zero attached hydrogens (tertiary/aromatic N) is 1. The summed E-state index contributed by atoms with van der Waals surface area (Å²) in [5, 5.41) is 4.38. The molecule has 0 saturated carbocycles. The summed E-state index contributed by atoms with van der Waals surface area (Å²) >= 11 is 1.51. The fraction of sp³-hybridized carbons (Fsp3) is 0.154. The van der Waals surface area contributed by atoms with E-state index in [2.05, 4.69) is 10.0 Å². The predicted octanol–water partition coefficient (Wildman–Crippen LogP) is 3.89. The minimum Gasteiger partial charge on any atom is -0.467 e. The van der Waals surface area contributed by atoms with Crippen molar-refractivity contribution in [2.45, 2.75) is 18.0 Å². The summed E-state index contributed by atoms with van der Waals surface area (Å²) in [6.07, 6.45) is 1.52. The fourth-order valence-corrected chi connectivity index (χ4v) is 4.77. The Hall–Kier alpha value is -3.73. The third kappa shape index (κ3) is 8.19. The Bertz CT molecular complexity index is 1240. The minimum absolute atomic E-state index is 0.0289. The topological polar surface area (TPSA) is 109 Å². The highest BCUT2D eigenvalue weighted by molar-refractivity contribution is 7.89. The zero-order valence-corrected chi connectivity index (χ0v) is 21.3. The third-order valence-electron chi connectivity index (χ3n) is 4.94. The largest absolute Gasteiger partial charge is 0.467 e. The van der Waals surface area contributed by atoms with Crippen LogP contribution in [0.25, 0.3) is 0 Å². The molecule has 0 unspecified atom stereocenters. The molecule has 188 valence electrons. The highest BCUT2D eigenvalue weighted by Gasteiger charge is 2.21. The maximum absolute atomic E-state index is 12.8. The molecule has 0 atom stereocenters. The zero-order chi connectivity index (χ0) is 25.8. The Labute approximate surface area is 214 Å². The van der Waals surface area contributed by atoms with Gasteiger partial charge in [-0.2, -0.15) is 0 Å². The van der Waals surface area contributed by atoms with E-state index < -0.39 is 16.6 Å². The van der Waals surface area contributed by atoms with Crippen LogP contribution in [0.3, 0.4) is 0 Å². The number of hydrogen-bond donors (Lipinski definition) is 2. The lowest BCUT2D eigenvalue weighted by molar-refractivity contribution is -0.131. The van der Waals surface area contributed by atoms with Crippen molar-refractivity contribution in [2.75, 3.05) is 13.6 Å². The lowest BCUT2D eigenvalue weighted by atomic mass is 10.2. The highest BCUT2D eigenvalue weighted by Crippen LogP contribution is 2.16. The van der Waals surface area contributed by atoms with Crippen molar-refractivity contribution in [2.24, 2.45) is 0 Å². The van der Waals surface area contributed by atoms with E-state index >= 15 is 0 Å². The second-order valence-corrected chi connectivity index (χ2v) is 10.3. The number of hydrogen-bond acceptors (Lipinski definition) is 6. The van der Waals surface area contributed by atoms with Crippen LogP contribution in [0.5, 0.6) is 0 Å². The lowest BCUT2D eigenvalue weighted by Gasteiger charge is -2.21. The van der Waals surface area contributed by atoms with Crippen molar-refractivity contribution in [3.8, 4) is 0 Å². The van der Waals surface area contributed by atoms with Crippen LogP contribution in [0.4, 0.5) is 0 Å². The fourth-order valence-electron chi connectivity index (χ4n) is 3.08. The van der Waals surface area contributed by atoms with Gasteiger partial charge in [0.25, 0.3) is 5.91 Å². The number of nitrogens with one attached hydrogen (secondary N) is 2. The van der Waals surface area contributed by atoms with E-state index in [4.69, 9.17) is 4.42 Å². The van der Waals surface area contributed by atoms with Crippen molar-refractivity contribution in [3.05, 3.63) is 113 Å². The van der Waals surface area contributed by atoms with Gasteiger partial charge >= 0.3 is 0 Å².